The van der Waals surface area contributed by atoms with Crippen LogP contribution in [0.2, 0.25) is 0 Å². The number of hydrogen-bond donors (Lipinski definition) is 2. The summed E-state index contributed by atoms with van der Waals surface area (Å²) in [5, 5.41) is 6.31. The summed E-state index contributed by atoms with van der Waals surface area (Å²) in [5.74, 6) is 0.708. The van der Waals surface area contributed by atoms with E-state index in [2.05, 4.69) is 22.8 Å². The molecule has 0 aromatic heterocycles. The van der Waals surface area contributed by atoms with Gasteiger partial charge in [0.15, 0.2) is 0 Å². The van der Waals surface area contributed by atoms with Gasteiger partial charge in [-0.2, -0.15) is 0 Å². The first kappa shape index (κ1) is 9.71. The van der Waals surface area contributed by atoms with Crippen LogP contribution in [0, 0.1) is 5.92 Å². The lowest BCUT2D eigenvalue weighted by molar-refractivity contribution is -0.122. The molecule has 1 fully saturated rings. The Labute approximate surface area is 84.9 Å². The molecule has 2 aliphatic rings. The number of carbonyl (C=O) groups excluding carboxylic acids is 1. The average Bonchev–Trinajstić information content (AvgIpc) is 2.76. The van der Waals surface area contributed by atoms with Gasteiger partial charge in [-0.1, -0.05) is 12.2 Å². The standard InChI is InChI=1S/C11H18N2O/c14-11(7-9-3-1-2-4-9)13-10-5-6-12-8-10/h1,3,9-10,12H,2,4-8H2,(H,13,14). The lowest BCUT2D eigenvalue weighted by atomic mass is 10.0. The first-order valence-corrected chi connectivity index (χ1v) is 5.51. The fraction of sp³-hybridized carbons (Fsp3) is 0.727. The van der Waals surface area contributed by atoms with E-state index < -0.39 is 0 Å². The highest BCUT2D eigenvalue weighted by Crippen LogP contribution is 2.20. The molecule has 0 saturated carbocycles. The normalized spacial score (nSPS) is 30.9. The SMILES string of the molecule is O=C(CC1C=CCC1)NC1CCNC1. The second kappa shape index (κ2) is 4.60. The van der Waals surface area contributed by atoms with Crippen LogP contribution in [0.1, 0.15) is 25.7 Å². The van der Waals surface area contributed by atoms with Crippen LogP contribution < -0.4 is 10.6 Å². The van der Waals surface area contributed by atoms with Crippen LogP contribution in [-0.2, 0) is 4.79 Å². The molecule has 1 heterocycles. The van der Waals surface area contributed by atoms with E-state index in [0.717, 1.165) is 32.4 Å². The Balaban J connectivity index is 1.69. The number of nitrogens with one attached hydrogen (secondary N) is 2. The third-order valence-electron chi connectivity index (χ3n) is 2.99. The van der Waals surface area contributed by atoms with Crippen LogP contribution in [0.15, 0.2) is 12.2 Å². The van der Waals surface area contributed by atoms with E-state index in [4.69, 9.17) is 0 Å². The lowest BCUT2D eigenvalue weighted by Gasteiger charge is -2.13. The summed E-state index contributed by atoms with van der Waals surface area (Å²) >= 11 is 0. The van der Waals surface area contributed by atoms with Gasteiger partial charge in [0.1, 0.15) is 0 Å². The third kappa shape index (κ3) is 2.58. The zero-order valence-electron chi connectivity index (χ0n) is 8.46. The second-order valence-electron chi connectivity index (χ2n) is 4.23. The highest BCUT2D eigenvalue weighted by Gasteiger charge is 2.19. The Morgan fingerprint density at radius 1 is 1.50 bits per heavy atom. The number of amides is 1. The van der Waals surface area contributed by atoms with Crippen molar-refractivity contribution in [2.45, 2.75) is 31.7 Å². The van der Waals surface area contributed by atoms with Gasteiger partial charge in [0.05, 0.1) is 0 Å². The summed E-state index contributed by atoms with van der Waals surface area (Å²) in [7, 11) is 0. The van der Waals surface area contributed by atoms with Gasteiger partial charge >= 0.3 is 0 Å². The molecule has 0 spiro atoms. The summed E-state index contributed by atoms with van der Waals surface area (Å²) in [5.41, 5.74) is 0. The van der Waals surface area contributed by atoms with E-state index in [1.807, 2.05) is 0 Å². The Kier molecular flexibility index (Phi) is 3.19. The van der Waals surface area contributed by atoms with Crippen LogP contribution in [0.25, 0.3) is 0 Å². The summed E-state index contributed by atoms with van der Waals surface area (Å²) in [6.07, 6.45) is 8.39. The minimum absolute atomic E-state index is 0.218. The lowest BCUT2D eigenvalue weighted by Crippen LogP contribution is -2.36. The minimum atomic E-state index is 0.218. The molecule has 0 bridgehead atoms. The van der Waals surface area contributed by atoms with Gasteiger partial charge in [0.2, 0.25) is 5.91 Å². The van der Waals surface area contributed by atoms with Crippen molar-refractivity contribution < 1.29 is 4.79 Å². The number of allylic oxidation sites excluding steroid dienone is 2. The van der Waals surface area contributed by atoms with E-state index in [1.54, 1.807) is 0 Å². The zero-order chi connectivity index (χ0) is 9.80. The van der Waals surface area contributed by atoms with E-state index in [-0.39, 0.29) is 5.91 Å². The Bertz CT molecular complexity index is 231. The predicted octanol–water partition coefficient (Wildman–Crippen LogP) is 0.821. The predicted molar refractivity (Wildman–Crippen MR) is 55.9 cm³/mol. The van der Waals surface area contributed by atoms with Crippen molar-refractivity contribution in [1.82, 2.24) is 10.6 Å². The van der Waals surface area contributed by atoms with E-state index in [0.29, 0.717) is 18.4 Å². The topological polar surface area (TPSA) is 41.1 Å². The molecule has 2 atom stereocenters. The van der Waals surface area contributed by atoms with Gasteiger partial charge in [-0.25, -0.2) is 0 Å². The Morgan fingerprint density at radius 3 is 3.07 bits per heavy atom. The fourth-order valence-corrected chi connectivity index (χ4v) is 2.17. The molecule has 0 aromatic rings. The van der Waals surface area contributed by atoms with Crippen molar-refractivity contribution in [2.24, 2.45) is 5.92 Å². The van der Waals surface area contributed by atoms with Crippen LogP contribution >= 0.6 is 0 Å². The maximum Gasteiger partial charge on any atom is 0.220 e. The fourth-order valence-electron chi connectivity index (χ4n) is 2.17. The van der Waals surface area contributed by atoms with Crippen molar-refractivity contribution in [3.8, 4) is 0 Å². The molecule has 1 saturated heterocycles. The monoisotopic (exact) mass is 194 g/mol. The zero-order valence-corrected chi connectivity index (χ0v) is 8.46. The van der Waals surface area contributed by atoms with E-state index in [1.165, 1.54) is 0 Å². The average molecular weight is 194 g/mol. The van der Waals surface area contributed by atoms with Crippen molar-refractivity contribution in [3.05, 3.63) is 12.2 Å². The Morgan fingerprint density at radius 2 is 2.43 bits per heavy atom. The largest absolute Gasteiger partial charge is 0.352 e. The van der Waals surface area contributed by atoms with Gasteiger partial charge < -0.3 is 10.6 Å². The maximum atomic E-state index is 11.6. The van der Waals surface area contributed by atoms with Crippen molar-refractivity contribution >= 4 is 5.91 Å². The molecular weight excluding hydrogens is 176 g/mol. The first-order chi connectivity index (χ1) is 6.84. The van der Waals surface area contributed by atoms with Gasteiger partial charge in [-0.05, 0) is 31.7 Å². The van der Waals surface area contributed by atoms with Crippen LogP contribution in [-0.4, -0.2) is 25.0 Å². The van der Waals surface area contributed by atoms with Gasteiger partial charge in [0.25, 0.3) is 0 Å². The second-order valence-corrected chi connectivity index (χ2v) is 4.23. The van der Waals surface area contributed by atoms with Gasteiger partial charge in [-0.3, -0.25) is 4.79 Å². The van der Waals surface area contributed by atoms with E-state index >= 15 is 0 Å². The molecule has 0 aromatic carbocycles. The summed E-state index contributed by atoms with van der Waals surface area (Å²) in [6.45, 7) is 1.97. The van der Waals surface area contributed by atoms with Crippen LogP contribution in [0.5, 0.6) is 0 Å². The first-order valence-electron chi connectivity index (χ1n) is 5.51. The molecule has 0 radical (unpaired) electrons. The molecule has 78 valence electrons. The van der Waals surface area contributed by atoms with Crippen molar-refractivity contribution in [2.75, 3.05) is 13.1 Å². The van der Waals surface area contributed by atoms with Crippen LogP contribution in [0.3, 0.4) is 0 Å². The molecule has 1 aliphatic carbocycles. The molecule has 3 nitrogen and oxygen atoms in total. The van der Waals surface area contributed by atoms with Gasteiger partial charge in [0, 0.05) is 19.0 Å². The molecule has 2 rings (SSSR count). The smallest absolute Gasteiger partial charge is 0.220 e. The minimum Gasteiger partial charge on any atom is -0.352 e. The maximum absolute atomic E-state index is 11.6. The molecular formula is C11H18N2O. The quantitative estimate of drug-likeness (QED) is 0.653. The highest BCUT2D eigenvalue weighted by molar-refractivity contribution is 5.76. The van der Waals surface area contributed by atoms with Crippen LogP contribution in [0.4, 0.5) is 0 Å². The number of carbonyl (C=O) groups is 1. The Hall–Kier alpha value is -0.830. The van der Waals surface area contributed by atoms with Crippen molar-refractivity contribution in [3.63, 3.8) is 0 Å². The molecule has 3 heteroatoms. The highest BCUT2D eigenvalue weighted by atomic mass is 16.1. The molecule has 1 amide bonds. The van der Waals surface area contributed by atoms with E-state index in [9.17, 15) is 4.79 Å². The molecule has 2 unspecified atom stereocenters. The summed E-state index contributed by atoms with van der Waals surface area (Å²) in [4.78, 5) is 11.6. The van der Waals surface area contributed by atoms with Crippen molar-refractivity contribution in [1.29, 1.82) is 0 Å². The van der Waals surface area contributed by atoms with Gasteiger partial charge in [-0.15, -0.1) is 0 Å². The third-order valence-corrected chi connectivity index (χ3v) is 2.99. The number of rotatable bonds is 3. The molecule has 2 N–H and O–H groups in total. The molecule has 1 aliphatic heterocycles. The summed E-state index contributed by atoms with van der Waals surface area (Å²) < 4.78 is 0. The summed E-state index contributed by atoms with van der Waals surface area (Å²) in [6, 6.07) is 0.368. The molecule has 14 heavy (non-hydrogen) atoms. The number of hydrogen-bond acceptors (Lipinski definition) is 2.